The third-order valence-corrected chi connectivity index (χ3v) is 5.58. The minimum atomic E-state index is -3.54. The van der Waals surface area contributed by atoms with E-state index in [1.807, 2.05) is 19.1 Å². The van der Waals surface area contributed by atoms with Gasteiger partial charge in [0.25, 0.3) is 0 Å². The molecule has 3 N–H and O–H groups in total. The van der Waals surface area contributed by atoms with Gasteiger partial charge in [-0.05, 0) is 56.3 Å². The average Bonchev–Trinajstić information content (AvgIpc) is 3.00. The number of fused-ring (bicyclic) bond motifs is 1. The second-order valence-corrected chi connectivity index (χ2v) is 7.49. The molecule has 0 radical (unpaired) electrons. The van der Waals surface area contributed by atoms with Gasteiger partial charge >= 0.3 is 0 Å². The highest BCUT2D eigenvalue weighted by Gasteiger charge is 2.21. The highest BCUT2D eigenvalue weighted by Crippen LogP contribution is 2.18. The van der Waals surface area contributed by atoms with Crippen LogP contribution in [0, 0.1) is 20.8 Å². The Labute approximate surface area is 135 Å². The molecule has 0 spiro atoms. The maximum absolute atomic E-state index is 12.4. The first-order chi connectivity index (χ1) is 10.9. The van der Waals surface area contributed by atoms with Crippen molar-refractivity contribution in [3.8, 4) is 0 Å². The van der Waals surface area contributed by atoms with Crippen LogP contribution in [-0.2, 0) is 16.4 Å². The summed E-state index contributed by atoms with van der Waals surface area (Å²) in [5.74, 6) is 0. The molecule has 2 heterocycles. The Morgan fingerprint density at radius 2 is 1.96 bits per heavy atom. The lowest BCUT2D eigenvalue weighted by Crippen LogP contribution is -2.26. The van der Waals surface area contributed by atoms with Gasteiger partial charge in [-0.15, -0.1) is 0 Å². The summed E-state index contributed by atoms with van der Waals surface area (Å²) in [4.78, 5) is 3.52. The van der Waals surface area contributed by atoms with Gasteiger partial charge < -0.3 is 4.98 Å². The molecule has 0 aliphatic rings. The summed E-state index contributed by atoms with van der Waals surface area (Å²) in [7, 11) is -3.54. The Bertz CT molecular complexity index is 934. The summed E-state index contributed by atoms with van der Waals surface area (Å²) in [6.07, 6.45) is 0.634. The Hall–Kier alpha value is -2.12. The summed E-state index contributed by atoms with van der Waals surface area (Å²) in [6, 6.07) is 8.21. The first kappa shape index (κ1) is 15.8. The van der Waals surface area contributed by atoms with E-state index < -0.39 is 10.0 Å². The van der Waals surface area contributed by atoms with Crippen molar-refractivity contribution < 1.29 is 8.42 Å². The van der Waals surface area contributed by atoms with Crippen LogP contribution in [0.25, 0.3) is 10.9 Å². The standard InChI is InChI=1S/C16H20N4O2S/c1-10-8-14-9-13(4-5-15(14)18-10)6-7-17-23(21,22)16-11(2)19-20-12(16)3/h4-5,8-9,17-18H,6-7H2,1-3H3,(H,19,20). The number of benzene rings is 1. The molecule has 3 aromatic rings. The van der Waals surface area contributed by atoms with E-state index in [1.165, 1.54) is 0 Å². The van der Waals surface area contributed by atoms with Gasteiger partial charge in [0.1, 0.15) is 4.90 Å². The first-order valence-electron chi connectivity index (χ1n) is 7.46. The van der Waals surface area contributed by atoms with Gasteiger partial charge in [0.05, 0.1) is 11.4 Å². The van der Waals surface area contributed by atoms with Crippen LogP contribution in [0.1, 0.15) is 22.6 Å². The smallest absolute Gasteiger partial charge is 0.244 e. The van der Waals surface area contributed by atoms with E-state index in [2.05, 4.69) is 32.0 Å². The molecule has 0 fully saturated rings. The van der Waals surface area contributed by atoms with Gasteiger partial charge in [-0.2, -0.15) is 5.10 Å². The van der Waals surface area contributed by atoms with E-state index >= 15 is 0 Å². The highest BCUT2D eigenvalue weighted by atomic mass is 32.2. The molecule has 0 aliphatic heterocycles. The van der Waals surface area contributed by atoms with Crippen molar-refractivity contribution in [3.63, 3.8) is 0 Å². The van der Waals surface area contributed by atoms with Crippen molar-refractivity contribution in [1.82, 2.24) is 19.9 Å². The summed E-state index contributed by atoms with van der Waals surface area (Å²) in [5.41, 5.74) is 4.35. The number of nitrogens with one attached hydrogen (secondary N) is 3. The number of nitrogens with zero attached hydrogens (tertiary/aromatic N) is 1. The minimum absolute atomic E-state index is 0.245. The number of aromatic amines is 2. The Balaban J connectivity index is 1.70. The van der Waals surface area contributed by atoms with Gasteiger partial charge in [-0.25, -0.2) is 13.1 Å². The molecule has 0 saturated heterocycles. The Morgan fingerprint density at radius 3 is 2.65 bits per heavy atom. The van der Waals surface area contributed by atoms with Crippen LogP contribution in [0.4, 0.5) is 0 Å². The van der Waals surface area contributed by atoms with Crippen molar-refractivity contribution in [2.75, 3.05) is 6.54 Å². The Morgan fingerprint density at radius 1 is 1.17 bits per heavy atom. The van der Waals surface area contributed by atoms with E-state index in [0.717, 1.165) is 22.2 Å². The van der Waals surface area contributed by atoms with Gasteiger partial charge in [0.2, 0.25) is 10.0 Å². The van der Waals surface area contributed by atoms with Gasteiger partial charge in [-0.3, -0.25) is 5.10 Å². The van der Waals surface area contributed by atoms with Crippen LogP contribution in [0.15, 0.2) is 29.2 Å². The number of hydrogen-bond acceptors (Lipinski definition) is 3. The maximum Gasteiger partial charge on any atom is 0.244 e. The molecule has 0 saturated carbocycles. The molecule has 0 unspecified atom stereocenters. The Kier molecular flexibility index (Phi) is 3.99. The van der Waals surface area contributed by atoms with Gasteiger partial charge in [-0.1, -0.05) is 6.07 Å². The van der Waals surface area contributed by atoms with Crippen molar-refractivity contribution >= 4 is 20.9 Å². The lowest BCUT2D eigenvalue weighted by Gasteiger charge is -2.07. The molecule has 0 amide bonds. The largest absolute Gasteiger partial charge is 0.359 e. The van der Waals surface area contributed by atoms with E-state index in [-0.39, 0.29) is 4.90 Å². The third kappa shape index (κ3) is 3.16. The highest BCUT2D eigenvalue weighted by molar-refractivity contribution is 7.89. The lowest BCUT2D eigenvalue weighted by atomic mass is 10.1. The SMILES string of the molecule is Cc1cc2cc(CCNS(=O)(=O)c3c(C)n[nH]c3C)ccc2[nH]1. The van der Waals surface area contributed by atoms with Crippen molar-refractivity contribution in [3.05, 3.63) is 46.9 Å². The van der Waals surface area contributed by atoms with Crippen LogP contribution in [0.5, 0.6) is 0 Å². The van der Waals surface area contributed by atoms with Gasteiger partial charge in [0.15, 0.2) is 0 Å². The monoisotopic (exact) mass is 332 g/mol. The number of sulfonamides is 1. The van der Waals surface area contributed by atoms with E-state index in [1.54, 1.807) is 13.8 Å². The first-order valence-corrected chi connectivity index (χ1v) is 8.94. The number of aromatic nitrogens is 3. The van der Waals surface area contributed by atoms with E-state index in [4.69, 9.17) is 0 Å². The molecule has 7 heteroatoms. The zero-order chi connectivity index (χ0) is 16.6. The minimum Gasteiger partial charge on any atom is -0.359 e. The maximum atomic E-state index is 12.4. The molecular weight excluding hydrogens is 312 g/mol. The zero-order valence-electron chi connectivity index (χ0n) is 13.4. The van der Waals surface area contributed by atoms with Crippen molar-refractivity contribution in [2.24, 2.45) is 0 Å². The fourth-order valence-electron chi connectivity index (χ4n) is 2.82. The molecule has 6 nitrogen and oxygen atoms in total. The molecular formula is C16H20N4O2S. The molecule has 23 heavy (non-hydrogen) atoms. The summed E-state index contributed by atoms with van der Waals surface area (Å²) in [6.45, 7) is 5.75. The molecule has 122 valence electrons. The van der Waals surface area contributed by atoms with Crippen LogP contribution in [-0.4, -0.2) is 30.1 Å². The predicted octanol–water partition coefficient (Wildman–Crippen LogP) is 2.34. The van der Waals surface area contributed by atoms with Crippen molar-refractivity contribution in [1.29, 1.82) is 0 Å². The number of rotatable bonds is 5. The van der Waals surface area contributed by atoms with E-state index in [9.17, 15) is 8.42 Å². The van der Waals surface area contributed by atoms with Crippen molar-refractivity contribution in [2.45, 2.75) is 32.1 Å². The number of aryl methyl sites for hydroxylation is 3. The summed E-state index contributed by atoms with van der Waals surface area (Å²) in [5, 5.41) is 7.78. The van der Waals surface area contributed by atoms with Crippen LogP contribution in [0.3, 0.4) is 0 Å². The fourth-order valence-corrected chi connectivity index (χ4v) is 4.22. The quantitative estimate of drug-likeness (QED) is 0.670. The number of H-pyrrole nitrogens is 2. The van der Waals surface area contributed by atoms with Crippen LogP contribution < -0.4 is 4.72 Å². The summed E-state index contributed by atoms with van der Waals surface area (Å²) < 4.78 is 27.4. The zero-order valence-corrected chi connectivity index (χ0v) is 14.2. The second-order valence-electron chi connectivity index (χ2n) is 5.78. The lowest BCUT2D eigenvalue weighted by molar-refractivity contribution is 0.580. The molecule has 0 atom stereocenters. The molecule has 3 rings (SSSR count). The number of hydrogen-bond donors (Lipinski definition) is 3. The van der Waals surface area contributed by atoms with Crippen LogP contribution in [0.2, 0.25) is 0 Å². The van der Waals surface area contributed by atoms with E-state index in [0.29, 0.717) is 24.4 Å². The fraction of sp³-hybridized carbons (Fsp3) is 0.312. The topological polar surface area (TPSA) is 90.6 Å². The molecule has 0 bridgehead atoms. The molecule has 0 aliphatic carbocycles. The van der Waals surface area contributed by atoms with Gasteiger partial charge in [0, 0.05) is 17.8 Å². The normalized spacial score (nSPS) is 12.1. The second kappa shape index (κ2) is 5.82. The molecule has 2 aromatic heterocycles. The molecule has 1 aromatic carbocycles. The third-order valence-electron chi connectivity index (χ3n) is 3.85. The average molecular weight is 332 g/mol. The predicted molar refractivity (Wildman–Crippen MR) is 90.0 cm³/mol. The summed E-state index contributed by atoms with van der Waals surface area (Å²) >= 11 is 0. The van der Waals surface area contributed by atoms with Crippen LogP contribution >= 0.6 is 0 Å².